The molecule has 1 aromatic heterocycles. The van der Waals surface area contributed by atoms with E-state index in [9.17, 15) is 9.18 Å². The lowest BCUT2D eigenvalue weighted by Gasteiger charge is -2.19. The number of benzene rings is 2. The van der Waals surface area contributed by atoms with E-state index in [-0.39, 0.29) is 34.9 Å². The Morgan fingerprint density at radius 2 is 2.16 bits per heavy atom. The van der Waals surface area contributed by atoms with E-state index in [1.165, 1.54) is 12.4 Å². The number of nitrogens with zero attached hydrogens (tertiary/aromatic N) is 3. The summed E-state index contributed by atoms with van der Waals surface area (Å²) in [6.07, 6.45) is 3.77. The molecular formula is C26H29ClFN5O4. The quantitative estimate of drug-likeness (QED) is 0.453. The van der Waals surface area contributed by atoms with Gasteiger partial charge in [0.25, 0.3) is 0 Å². The van der Waals surface area contributed by atoms with E-state index in [1.54, 1.807) is 31.4 Å². The summed E-state index contributed by atoms with van der Waals surface area (Å²) in [5, 5.41) is 6.65. The Bertz CT molecular complexity index is 1290. The molecule has 0 spiro atoms. The molecular weight excluding hydrogens is 501 g/mol. The number of likely N-dealkylation sites (N-methyl/N-ethyl adjacent to an activating group) is 1. The second kappa shape index (κ2) is 11.0. The first kappa shape index (κ1) is 25.4. The molecule has 0 saturated carbocycles. The molecule has 0 aliphatic carbocycles. The van der Waals surface area contributed by atoms with Crippen molar-refractivity contribution >= 4 is 39.9 Å². The van der Waals surface area contributed by atoms with Gasteiger partial charge in [-0.2, -0.15) is 0 Å². The molecule has 3 aromatic rings. The van der Waals surface area contributed by atoms with Crippen molar-refractivity contribution < 1.29 is 23.4 Å². The molecule has 196 valence electrons. The molecule has 3 atom stereocenters. The van der Waals surface area contributed by atoms with E-state index < -0.39 is 5.82 Å². The molecule has 0 radical (unpaired) electrons. The summed E-state index contributed by atoms with van der Waals surface area (Å²) in [5.74, 6) is 0.781. The lowest BCUT2D eigenvalue weighted by Crippen LogP contribution is -2.43. The van der Waals surface area contributed by atoms with Gasteiger partial charge in [0.1, 0.15) is 18.2 Å². The Labute approximate surface area is 219 Å². The number of rotatable bonds is 8. The minimum atomic E-state index is -0.571. The van der Waals surface area contributed by atoms with E-state index in [2.05, 4.69) is 20.6 Å². The maximum atomic E-state index is 14.5. The summed E-state index contributed by atoms with van der Waals surface area (Å²) in [6, 6.07) is 7.92. The highest BCUT2D eigenvalue weighted by atomic mass is 35.5. The Kier molecular flexibility index (Phi) is 7.59. The Morgan fingerprint density at radius 1 is 1.30 bits per heavy atom. The number of anilines is 2. The number of methoxy groups -OCH3 is 1. The van der Waals surface area contributed by atoms with Gasteiger partial charge in [0.05, 0.1) is 35.5 Å². The average Bonchev–Trinajstić information content (AvgIpc) is 3.55. The van der Waals surface area contributed by atoms with Gasteiger partial charge in [-0.15, -0.1) is 0 Å². The van der Waals surface area contributed by atoms with E-state index in [4.69, 9.17) is 25.8 Å². The zero-order valence-corrected chi connectivity index (χ0v) is 21.4. The SMILES string of the molecule is COc1cc2ncnc(Nc3cccc(Cl)c3F)c2cc1O[C@H]1C[C@H](C(=O)NC[C@@H]2CCCO2)N(C)C1. The van der Waals surface area contributed by atoms with Crippen LogP contribution >= 0.6 is 11.6 Å². The fourth-order valence-electron chi connectivity index (χ4n) is 4.80. The minimum absolute atomic E-state index is 0.00812. The van der Waals surface area contributed by atoms with Gasteiger partial charge in [-0.1, -0.05) is 17.7 Å². The van der Waals surface area contributed by atoms with Crippen LogP contribution in [0.2, 0.25) is 5.02 Å². The highest BCUT2D eigenvalue weighted by molar-refractivity contribution is 6.31. The first-order valence-corrected chi connectivity index (χ1v) is 12.6. The maximum absolute atomic E-state index is 14.5. The first-order valence-electron chi connectivity index (χ1n) is 12.2. The number of aromatic nitrogens is 2. The molecule has 0 bridgehead atoms. The summed E-state index contributed by atoms with van der Waals surface area (Å²) in [7, 11) is 3.46. The molecule has 1 amide bonds. The molecule has 2 aromatic carbocycles. The molecule has 2 aliphatic rings. The van der Waals surface area contributed by atoms with Gasteiger partial charge < -0.3 is 24.8 Å². The van der Waals surface area contributed by atoms with Gasteiger partial charge in [0.15, 0.2) is 17.3 Å². The second-order valence-electron chi connectivity index (χ2n) is 9.28. The third kappa shape index (κ3) is 5.56. The van der Waals surface area contributed by atoms with E-state index >= 15 is 0 Å². The molecule has 2 saturated heterocycles. The van der Waals surface area contributed by atoms with Crippen molar-refractivity contribution in [1.29, 1.82) is 0 Å². The highest BCUT2D eigenvalue weighted by Gasteiger charge is 2.36. The van der Waals surface area contributed by atoms with Gasteiger partial charge in [0.2, 0.25) is 5.91 Å². The fourth-order valence-corrected chi connectivity index (χ4v) is 4.98. The molecule has 11 heteroatoms. The lowest BCUT2D eigenvalue weighted by atomic mass is 10.1. The topological polar surface area (TPSA) is 97.8 Å². The number of carbonyl (C=O) groups excluding carboxylic acids is 1. The van der Waals surface area contributed by atoms with Crippen LogP contribution in [0.4, 0.5) is 15.9 Å². The van der Waals surface area contributed by atoms with Gasteiger partial charge in [-0.25, -0.2) is 14.4 Å². The van der Waals surface area contributed by atoms with E-state index in [1.807, 2.05) is 11.9 Å². The van der Waals surface area contributed by atoms with Gasteiger partial charge in [-0.3, -0.25) is 9.69 Å². The number of hydrogen-bond acceptors (Lipinski definition) is 8. The van der Waals surface area contributed by atoms with Gasteiger partial charge in [-0.05, 0) is 38.1 Å². The minimum Gasteiger partial charge on any atom is -0.493 e. The Hall–Kier alpha value is -3.21. The predicted molar refractivity (Wildman–Crippen MR) is 138 cm³/mol. The molecule has 37 heavy (non-hydrogen) atoms. The Morgan fingerprint density at radius 3 is 2.95 bits per heavy atom. The van der Waals surface area contributed by atoms with Crippen LogP contribution in [-0.2, 0) is 9.53 Å². The number of hydrogen-bond donors (Lipinski definition) is 2. The van der Waals surface area contributed by atoms with Crippen LogP contribution in [0.3, 0.4) is 0 Å². The normalized spacial score (nSPS) is 21.8. The van der Waals surface area contributed by atoms with Crippen LogP contribution in [0.5, 0.6) is 11.5 Å². The smallest absolute Gasteiger partial charge is 0.237 e. The second-order valence-corrected chi connectivity index (χ2v) is 9.69. The molecule has 9 nitrogen and oxygen atoms in total. The summed E-state index contributed by atoms with van der Waals surface area (Å²) >= 11 is 5.93. The summed E-state index contributed by atoms with van der Waals surface area (Å²) in [4.78, 5) is 23.4. The summed E-state index contributed by atoms with van der Waals surface area (Å²) in [6.45, 7) is 1.85. The van der Waals surface area contributed by atoms with Crippen LogP contribution < -0.4 is 20.1 Å². The lowest BCUT2D eigenvalue weighted by molar-refractivity contribution is -0.125. The van der Waals surface area contributed by atoms with Crippen LogP contribution in [0.1, 0.15) is 19.3 Å². The number of carbonyl (C=O) groups is 1. The van der Waals surface area contributed by atoms with Crippen molar-refractivity contribution in [2.24, 2.45) is 0 Å². The number of halogens is 2. The summed E-state index contributed by atoms with van der Waals surface area (Å²) in [5.41, 5.74) is 0.791. The first-order chi connectivity index (χ1) is 17.9. The monoisotopic (exact) mass is 529 g/mol. The molecule has 2 N–H and O–H groups in total. The van der Waals surface area contributed by atoms with Crippen LogP contribution in [0.25, 0.3) is 10.9 Å². The van der Waals surface area contributed by atoms with Crippen molar-refractivity contribution in [3.8, 4) is 11.5 Å². The third-order valence-electron chi connectivity index (χ3n) is 6.76. The van der Waals surface area contributed by atoms with Crippen molar-refractivity contribution in [3.63, 3.8) is 0 Å². The standard InChI is InChI=1S/C26H29ClFN5O4/c1-33-13-16(9-21(33)26(34)29-12-15-5-4-8-36-15)37-23-10-17-20(11-22(23)35-2)30-14-31-25(17)32-19-7-3-6-18(27)24(19)28/h3,6-7,10-11,14-16,21H,4-5,8-9,12-13H2,1-2H3,(H,29,34)(H,30,31,32)/t15-,16-,21+/m0/s1. The average molecular weight is 530 g/mol. The fraction of sp³-hybridized carbons (Fsp3) is 0.423. The number of amides is 1. The van der Waals surface area contributed by atoms with Crippen LogP contribution in [0, 0.1) is 5.82 Å². The number of likely N-dealkylation sites (tertiary alicyclic amines) is 1. The summed E-state index contributed by atoms with van der Waals surface area (Å²) < 4.78 is 32.0. The maximum Gasteiger partial charge on any atom is 0.237 e. The third-order valence-corrected chi connectivity index (χ3v) is 7.05. The molecule has 2 aliphatic heterocycles. The molecule has 2 fully saturated rings. The number of fused-ring (bicyclic) bond motifs is 1. The van der Waals surface area contributed by atoms with E-state index in [0.717, 1.165) is 19.4 Å². The molecule has 5 rings (SSSR count). The molecule has 3 heterocycles. The zero-order valence-electron chi connectivity index (χ0n) is 20.7. The zero-order chi connectivity index (χ0) is 25.9. The predicted octanol–water partition coefficient (Wildman–Crippen LogP) is 3.92. The van der Waals surface area contributed by atoms with Crippen molar-refractivity contribution in [1.82, 2.24) is 20.2 Å². The van der Waals surface area contributed by atoms with Crippen LogP contribution in [-0.4, -0.2) is 72.9 Å². The Balaban J connectivity index is 1.34. The number of nitrogens with one attached hydrogen (secondary N) is 2. The van der Waals surface area contributed by atoms with Crippen molar-refractivity contribution in [2.75, 3.05) is 39.2 Å². The molecule has 0 unspecified atom stereocenters. The highest BCUT2D eigenvalue weighted by Crippen LogP contribution is 2.37. The van der Waals surface area contributed by atoms with Gasteiger partial charge >= 0.3 is 0 Å². The van der Waals surface area contributed by atoms with Gasteiger partial charge in [0, 0.05) is 37.6 Å². The number of ether oxygens (including phenoxy) is 3. The van der Waals surface area contributed by atoms with E-state index in [0.29, 0.717) is 47.7 Å². The largest absolute Gasteiger partial charge is 0.493 e. The van der Waals surface area contributed by atoms with Crippen molar-refractivity contribution in [2.45, 2.75) is 37.5 Å². The van der Waals surface area contributed by atoms with Crippen LogP contribution in [0.15, 0.2) is 36.7 Å². The van der Waals surface area contributed by atoms with Crippen molar-refractivity contribution in [3.05, 3.63) is 47.5 Å².